The monoisotopic (exact) mass is 416 g/mol. The molecule has 8 nitrogen and oxygen atoms in total. The first kappa shape index (κ1) is 20.5. The van der Waals surface area contributed by atoms with Crippen molar-refractivity contribution in [1.82, 2.24) is 4.90 Å². The number of nitro groups is 1. The molecule has 1 aliphatic heterocycles. The van der Waals surface area contributed by atoms with Crippen LogP contribution in [-0.2, 0) is 9.59 Å². The quantitative estimate of drug-likeness (QED) is 0.245. The van der Waals surface area contributed by atoms with Crippen LogP contribution in [0.3, 0.4) is 0 Å². The van der Waals surface area contributed by atoms with Gasteiger partial charge in [-0.1, -0.05) is 23.7 Å². The van der Waals surface area contributed by atoms with Crippen molar-refractivity contribution < 1.29 is 24.7 Å². The highest BCUT2D eigenvalue weighted by molar-refractivity contribution is 6.46. The first-order valence-electron chi connectivity index (χ1n) is 8.74. The van der Waals surface area contributed by atoms with E-state index in [0.29, 0.717) is 10.6 Å². The van der Waals surface area contributed by atoms with Crippen LogP contribution in [0.5, 0.6) is 0 Å². The summed E-state index contributed by atoms with van der Waals surface area (Å²) >= 11 is 5.87. The number of hydrogen-bond acceptors (Lipinski definition) is 6. The van der Waals surface area contributed by atoms with Gasteiger partial charge in [0.15, 0.2) is 0 Å². The molecule has 2 aromatic rings. The molecule has 1 atom stereocenters. The Balaban J connectivity index is 2.18. The molecule has 29 heavy (non-hydrogen) atoms. The van der Waals surface area contributed by atoms with Gasteiger partial charge in [-0.2, -0.15) is 0 Å². The summed E-state index contributed by atoms with van der Waals surface area (Å²) in [5, 5.41) is 31.6. The molecule has 0 radical (unpaired) electrons. The largest absolute Gasteiger partial charge is 0.507 e. The average molecular weight is 417 g/mol. The average Bonchev–Trinajstić information content (AvgIpc) is 2.97. The first-order valence-corrected chi connectivity index (χ1v) is 9.12. The van der Waals surface area contributed by atoms with Crippen LogP contribution >= 0.6 is 11.6 Å². The van der Waals surface area contributed by atoms with Gasteiger partial charge in [-0.25, -0.2) is 0 Å². The molecule has 0 aliphatic carbocycles. The number of halogens is 1. The minimum atomic E-state index is -1.02. The zero-order chi connectivity index (χ0) is 21.1. The van der Waals surface area contributed by atoms with Crippen molar-refractivity contribution in [2.24, 2.45) is 0 Å². The van der Waals surface area contributed by atoms with Crippen LogP contribution in [0.1, 0.15) is 23.6 Å². The molecule has 2 aromatic carbocycles. The number of nitro benzene ring substituents is 1. The topological polar surface area (TPSA) is 121 Å². The second-order valence-electron chi connectivity index (χ2n) is 6.43. The molecule has 1 amide bonds. The standard InChI is InChI=1S/C20H17ClN2O6/c21-14-7-5-12(6-8-14)18(25)16-17(13-3-1-4-15(11-13)23(28)29)22(9-2-10-24)20(27)19(16)26/h1,3-8,11,17,24-25H,2,9-10H2/t17-/m1/s1. The zero-order valence-electron chi connectivity index (χ0n) is 15.1. The van der Waals surface area contributed by atoms with Crippen LogP contribution in [0.2, 0.25) is 5.02 Å². The van der Waals surface area contributed by atoms with Gasteiger partial charge in [-0.3, -0.25) is 19.7 Å². The van der Waals surface area contributed by atoms with Crippen LogP contribution in [0, 0.1) is 10.1 Å². The summed E-state index contributed by atoms with van der Waals surface area (Å²) in [4.78, 5) is 37.1. The third kappa shape index (κ3) is 3.98. The van der Waals surface area contributed by atoms with E-state index in [2.05, 4.69) is 0 Å². The summed E-state index contributed by atoms with van der Waals surface area (Å²) in [6.07, 6.45) is 0.208. The number of carbonyl (C=O) groups is 2. The number of nitrogens with zero attached hydrogens (tertiary/aromatic N) is 2. The van der Waals surface area contributed by atoms with E-state index in [1.165, 1.54) is 47.4 Å². The highest BCUT2D eigenvalue weighted by Gasteiger charge is 2.46. The van der Waals surface area contributed by atoms with Gasteiger partial charge in [0.25, 0.3) is 17.4 Å². The number of non-ortho nitro benzene ring substituents is 1. The Kier molecular flexibility index (Phi) is 5.95. The number of rotatable bonds is 6. The van der Waals surface area contributed by atoms with Gasteiger partial charge < -0.3 is 15.1 Å². The molecule has 0 bridgehead atoms. The van der Waals surface area contributed by atoms with Crippen LogP contribution in [0.4, 0.5) is 5.69 Å². The second-order valence-corrected chi connectivity index (χ2v) is 6.87. The van der Waals surface area contributed by atoms with Crippen LogP contribution in [0.15, 0.2) is 54.1 Å². The van der Waals surface area contributed by atoms with E-state index in [0.717, 1.165) is 0 Å². The van der Waals surface area contributed by atoms with E-state index >= 15 is 0 Å². The third-order valence-corrected chi connectivity index (χ3v) is 4.86. The molecule has 150 valence electrons. The molecule has 0 unspecified atom stereocenters. The van der Waals surface area contributed by atoms with E-state index in [1.807, 2.05) is 0 Å². The molecular weight excluding hydrogens is 400 g/mol. The van der Waals surface area contributed by atoms with Crippen LogP contribution in [-0.4, -0.2) is 44.9 Å². The SMILES string of the molecule is O=C1C(=O)N(CCCO)[C@H](c2cccc([N+](=O)[O-])c2)C1=C(O)c1ccc(Cl)cc1. The van der Waals surface area contributed by atoms with Gasteiger partial charge in [0.05, 0.1) is 16.5 Å². The lowest BCUT2D eigenvalue weighted by molar-refractivity contribution is -0.384. The minimum Gasteiger partial charge on any atom is -0.507 e. The number of ketones is 1. The number of aliphatic hydroxyl groups is 2. The maximum absolute atomic E-state index is 12.7. The lowest BCUT2D eigenvalue weighted by Crippen LogP contribution is -2.31. The van der Waals surface area contributed by atoms with Crippen LogP contribution < -0.4 is 0 Å². The normalized spacial score (nSPS) is 18.3. The molecule has 2 N–H and O–H groups in total. The van der Waals surface area contributed by atoms with E-state index in [9.17, 15) is 24.8 Å². The van der Waals surface area contributed by atoms with Gasteiger partial charge in [0.2, 0.25) is 0 Å². The van der Waals surface area contributed by atoms with Gasteiger partial charge >= 0.3 is 0 Å². The molecule has 3 rings (SSSR count). The van der Waals surface area contributed by atoms with Gasteiger partial charge in [0, 0.05) is 35.9 Å². The predicted molar refractivity (Wildman–Crippen MR) is 105 cm³/mol. The third-order valence-electron chi connectivity index (χ3n) is 4.61. The Morgan fingerprint density at radius 3 is 2.48 bits per heavy atom. The summed E-state index contributed by atoms with van der Waals surface area (Å²) in [5.74, 6) is -2.14. The molecule has 1 heterocycles. The molecule has 0 spiro atoms. The van der Waals surface area contributed by atoms with Gasteiger partial charge in [-0.15, -0.1) is 0 Å². The number of aliphatic hydroxyl groups excluding tert-OH is 2. The Hall–Kier alpha value is -3.23. The maximum atomic E-state index is 12.7. The van der Waals surface area contributed by atoms with Gasteiger partial charge in [0.1, 0.15) is 5.76 Å². The van der Waals surface area contributed by atoms with Gasteiger partial charge in [-0.05, 0) is 36.2 Å². The number of carbonyl (C=O) groups excluding carboxylic acids is 2. The van der Waals surface area contributed by atoms with E-state index < -0.39 is 28.4 Å². The van der Waals surface area contributed by atoms with Crippen molar-refractivity contribution in [1.29, 1.82) is 0 Å². The number of hydrogen-bond donors (Lipinski definition) is 2. The lowest BCUT2D eigenvalue weighted by atomic mass is 9.95. The Morgan fingerprint density at radius 2 is 1.86 bits per heavy atom. The first-order chi connectivity index (χ1) is 13.8. The number of benzene rings is 2. The Labute approximate surface area is 170 Å². The molecule has 1 saturated heterocycles. The summed E-state index contributed by atoms with van der Waals surface area (Å²) in [6.45, 7) is -0.159. The molecule has 0 aromatic heterocycles. The van der Waals surface area contributed by atoms with E-state index in [-0.39, 0.29) is 36.4 Å². The van der Waals surface area contributed by atoms with Crippen LogP contribution in [0.25, 0.3) is 5.76 Å². The molecular formula is C20H17ClN2O6. The smallest absolute Gasteiger partial charge is 0.295 e. The number of likely N-dealkylation sites (tertiary alicyclic amines) is 1. The zero-order valence-corrected chi connectivity index (χ0v) is 15.9. The summed E-state index contributed by atoms with van der Waals surface area (Å²) in [5.41, 5.74) is 0.217. The fourth-order valence-electron chi connectivity index (χ4n) is 3.27. The van der Waals surface area contributed by atoms with Crippen molar-refractivity contribution in [3.8, 4) is 0 Å². The second kappa shape index (κ2) is 8.42. The van der Waals surface area contributed by atoms with Crippen molar-refractivity contribution in [2.75, 3.05) is 13.2 Å². The lowest BCUT2D eigenvalue weighted by Gasteiger charge is -2.25. The maximum Gasteiger partial charge on any atom is 0.295 e. The summed E-state index contributed by atoms with van der Waals surface area (Å²) < 4.78 is 0. The predicted octanol–water partition coefficient (Wildman–Crippen LogP) is 3.05. The fraction of sp³-hybridized carbons (Fsp3) is 0.200. The Bertz CT molecular complexity index is 1000. The van der Waals surface area contributed by atoms with Crippen molar-refractivity contribution >= 4 is 34.7 Å². The van der Waals surface area contributed by atoms with Crippen molar-refractivity contribution in [3.05, 3.63) is 80.4 Å². The molecule has 9 heteroatoms. The minimum absolute atomic E-state index is 0.0475. The summed E-state index contributed by atoms with van der Waals surface area (Å²) in [6, 6.07) is 10.6. The number of amides is 1. The fourth-order valence-corrected chi connectivity index (χ4v) is 3.40. The van der Waals surface area contributed by atoms with Crippen molar-refractivity contribution in [2.45, 2.75) is 12.5 Å². The van der Waals surface area contributed by atoms with E-state index in [1.54, 1.807) is 6.07 Å². The molecule has 1 fully saturated rings. The highest BCUT2D eigenvalue weighted by atomic mass is 35.5. The molecule has 1 aliphatic rings. The van der Waals surface area contributed by atoms with Crippen molar-refractivity contribution in [3.63, 3.8) is 0 Å². The Morgan fingerprint density at radius 1 is 1.17 bits per heavy atom. The summed E-state index contributed by atoms with van der Waals surface area (Å²) in [7, 11) is 0. The van der Waals surface area contributed by atoms with E-state index in [4.69, 9.17) is 16.7 Å². The molecule has 0 saturated carbocycles. The number of Topliss-reactive ketones (excluding diaryl/α,β-unsaturated/α-hetero) is 1. The highest BCUT2D eigenvalue weighted by Crippen LogP contribution is 2.40.